The molecule has 1 aromatic carbocycles. The minimum absolute atomic E-state index is 0.109. The first-order chi connectivity index (χ1) is 6.02. The number of hydrogen-bond donors (Lipinski definition) is 2. The van der Waals surface area contributed by atoms with E-state index in [0.717, 1.165) is 0 Å². The average Bonchev–Trinajstić information content (AvgIpc) is 2.03. The molecule has 0 aromatic heterocycles. The third-order valence-corrected chi connectivity index (χ3v) is 1.56. The van der Waals surface area contributed by atoms with Gasteiger partial charge in [-0.25, -0.2) is 0 Å². The van der Waals surface area contributed by atoms with Gasteiger partial charge in [0, 0.05) is 0 Å². The van der Waals surface area contributed by atoms with Gasteiger partial charge in [-0.3, -0.25) is 0 Å². The number of rotatable bonds is 2. The summed E-state index contributed by atoms with van der Waals surface area (Å²) in [6, 6.07) is 3.79. The molecule has 6 heteroatoms. The first kappa shape index (κ1) is 9.24. The Morgan fingerprint density at radius 3 is 2.62 bits per heavy atom. The SMILES string of the molecule is B=C(O)c1ccc([N+](=O)[O-])cc1N. The summed E-state index contributed by atoms with van der Waals surface area (Å²) in [5.41, 5.74) is 5.58. The zero-order valence-electron chi connectivity index (χ0n) is 6.73. The summed E-state index contributed by atoms with van der Waals surface area (Å²) in [6.07, 6.45) is 0. The van der Waals surface area contributed by atoms with Crippen LogP contribution in [0.1, 0.15) is 5.56 Å². The Morgan fingerprint density at radius 1 is 1.62 bits per heavy atom. The van der Waals surface area contributed by atoms with Crippen LogP contribution in [0.15, 0.2) is 18.2 Å². The van der Waals surface area contributed by atoms with Crippen molar-refractivity contribution in [2.24, 2.45) is 0 Å². The molecule has 0 radical (unpaired) electrons. The maximum absolute atomic E-state index is 10.3. The first-order valence-electron chi connectivity index (χ1n) is 3.44. The quantitative estimate of drug-likeness (QED) is 0.287. The van der Waals surface area contributed by atoms with Crippen molar-refractivity contribution in [1.29, 1.82) is 0 Å². The van der Waals surface area contributed by atoms with Gasteiger partial charge < -0.3 is 0 Å². The van der Waals surface area contributed by atoms with Gasteiger partial charge in [-0.1, -0.05) is 0 Å². The van der Waals surface area contributed by atoms with E-state index in [2.05, 4.69) is 7.49 Å². The number of nitrogen functional groups attached to an aromatic ring is 1. The Hall–Kier alpha value is -1.85. The number of anilines is 1. The van der Waals surface area contributed by atoms with Crippen molar-refractivity contribution < 1.29 is 10.0 Å². The van der Waals surface area contributed by atoms with Gasteiger partial charge >= 0.3 is 74.2 Å². The molecular weight excluding hydrogens is 171 g/mol. The molecule has 0 saturated carbocycles. The molecule has 1 rings (SSSR count). The molecule has 0 aliphatic rings. The van der Waals surface area contributed by atoms with E-state index in [1.165, 1.54) is 18.2 Å². The van der Waals surface area contributed by atoms with E-state index < -0.39 is 4.92 Å². The number of nitro groups is 1. The van der Waals surface area contributed by atoms with Crippen LogP contribution < -0.4 is 5.73 Å². The third-order valence-electron chi connectivity index (χ3n) is 1.56. The van der Waals surface area contributed by atoms with Crippen LogP contribution in [0.25, 0.3) is 0 Å². The molecule has 0 spiro atoms. The minimum atomic E-state index is -0.555. The number of benzene rings is 1. The molecule has 13 heavy (non-hydrogen) atoms. The molecule has 66 valence electrons. The van der Waals surface area contributed by atoms with Crippen LogP contribution in [0.2, 0.25) is 0 Å². The molecule has 0 unspecified atom stereocenters. The summed E-state index contributed by atoms with van der Waals surface area (Å²) in [7, 11) is 3.27. The summed E-state index contributed by atoms with van der Waals surface area (Å²) in [4.78, 5) is 9.74. The van der Waals surface area contributed by atoms with Crippen LogP contribution in [0.5, 0.6) is 0 Å². The predicted octanol–water partition coefficient (Wildman–Crippen LogP) is -0.0717. The number of hydrogen-bond acceptors (Lipinski definition) is 4. The van der Waals surface area contributed by atoms with Crippen molar-refractivity contribution in [3.8, 4) is 0 Å². The van der Waals surface area contributed by atoms with E-state index in [1.54, 1.807) is 0 Å². The topological polar surface area (TPSA) is 89.4 Å². The van der Waals surface area contributed by atoms with Gasteiger partial charge in [-0.2, -0.15) is 0 Å². The molecule has 0 aliphatic carbocycles. The van der Waals surface area contributed by atoms with Gasteiger partial charge in [0.05, 0.1) is 0 Å². The van der Waals surface area contributed by atoms with Gasteiger partial charge in [0.2, 0.25) is 0 Å². The standard InChI is InChI=1S/C7H7BN2O3/c8-7(11)5-2-1-4(10(12)13)3-6(5)9/h1-3,8,11H,9H2. The Balaban J connectivity index is 3.20. The summed E-state index contributed by atoms with van der Waals surface area (Å²) in [5, 5.41) is 19.3. The van der Waals surface area contributed by atoms with E-state index in [-0.39, 0.29) is 17.0 Å². The second-order valence-corrected chi connectivity index (χ2v) is 2.48. The van der Waals surface area contributed by atoms with Crippen LogP contribution in [0, 0.1) is 10.1 Å². The Bertz CT molecular complexity index is 378. The number of nitrogens with zero attached hydrogens (tertiary/aromatic N) is 1. The first-order valence-corrected chi connectivity index (χ1v) is 3.44. The normalized spacial score (nSPS) is 9.46. The summed E-state index contributed by atoms with van der Waals surface area (Å²) >= 11 is 0. The summed E-state index contributed by atoms with van der Waals surface area (Å²) in [6.45, 7) is 0. The molecule has 3 N–H and O–H groups in total. The number of aliphatic hydroxyl groups is 1. The second-order valence-electron chi connectivity index (χ2n) is 2.48. The number of non-ortho nitro benzene ring substituents is 1. The molecule has 0 atom stereocenters. The van der Waals surface area contributed by atoms with Crippen molar-refractivity contribution in [3.63, 3.8) is 0 Å². The van der Waals surface area contributed by atoms with Gasteiger partial charge in [-0.05, 0) is 0 Å². The van der Waals surface area contributed by atoms with Gasteiger partial charge in [0.25, 0.3) is 0 Å². The Kier molecular flexibility index (Phi) is 2.32. The molecule has 0 fully saturated rings. The van der Waals surface area contributed by atoms with E-state index >= 15 is 0 Å². The summed E-state index contributed by atoms with van der Waals surface area (Å²) < 4.78 is 0. The summed E-state index contributed by atoms with van der Waals surface area (Å²) in [5.74, 6) is 0. The molecule has 0 saturated heterocycles. The van der Waals surface area contributed by atoms with Crippen molar-refractivity contribution >= 4 is 24.5 Å². The number of aliphatic hydroxyl groups excluding tert-OH is 1. The van der Waals surface area contributed by atoms with Gasteiger partial charge in [0.1, 0.15) is 0 Å². The fourth-order valence-electron chi connectivity index (χ4n) is 0.926. The van der Waals surface area contributed by atoms with Crippen molar-refractivity contribution in [2.45, 2.75) is 0 Å². The monoisotopic (exact) mass is 178 g/mol. The van der Waals surface area contributed by atoms with Crippen molar-refractivity contribution in [1.82, 2.24) is 0 Å². The molecule has 0 amide bonds. The van der Waals surface area contributed by atoms with Crippen LogP contribution in [0.3, 0.4) is 0 Å². The fraction of sp³-hybridized carbons (Fsp3) is 0. The number of nitrogens with two attached hydrogens (primary N) is 1. The molecular formula is C7H7BN2O3. The van der Waals surface area contributed by atoms with Crippen molar-refractivity contribution in [2.75, 3.05) is 5.73 Å². The zero-order valence-corrected chi connectivity index (χ0v) is 6.73. The van der Waals surface area contributed by atoms with Crippen molar-refractivity contribution in [3.05, 3.63) is 33.9 Å². The van der Waals surface area contributed by atoms with E-state index in [9.17, 15) is 10.1 Å². The predicted molar refractivity (Wildman–Crippen MR) is 50.7 cm³/mol. The fourth-order valence-corrected chi connectivity index (χ4v) is 0.926. The average molecular weight is 178 g/mol. The molecule has 5 nitrogen and oxygen atoms in total. The van der Waals surface area contributed by atoms with Gasteiger partial charge in [-0.15, -0.1) is 0 Å². The number of nitro benzene ring substituents is 1. The molecule has 0 heterocycles. The van der Waals surface area contributed by atoms with E-state index in [0.29, 0.717) is 5.56 Å². The van der Waals surface area contributed by atoms with Crippen LogP contribution >= 0.6 is 0 Å². The maximum atomic E-state index is 10.3. The van der Waals surface area contributed by atoms with E-state index in [4.69, 9.17) is 10.8 Å². The molecule has 0 bridgehead atoms. The molecule has 0 aliphatic heterocycles. The second kappa shape index (κ2) is 3.26. The third kappa shape index (κ3) is 1.84. The molecule has 1 aromatic rings. The van der Waals surface area contributed by atoms with E-state index in [1.807, 2.05) is 0 Å². The van der Waals surface area contributed by atoms with Crippen LogP contribution in [0.4, 0.5) is 11.4 Å². The van der Waals surface area contributed by atoms with Crippen LogP contribution in [-0.2, 0) is 0 Å². The zero-order chi connectivity index (χ0) is 10.0. The van der Waals surface area contributed by atoms with Gasteiger partial charge in [0.15, 0.2) is 0 Å². The Morgan fingerprint density at radius 2 is 2.23 bits per heavy atom. The Labute approximate surface area is 75.0 Å². The van der Waals surface area contributed by atoms with Crippen LogP contribution in [-0.4, -0.2) is 23.2 Å².